The molecule has 1 N–H and O–H groups in total. The summed E-state index contributed by atoms with van der Waals surface area (Å²) in [5, 5.41) is 19.0. The SMILES string of the molecule is O[C@@H](COCc1ccccc1)CN1CCCC[C@@H]1c1nnc([C@H]2CCCO2)o1. The first-order valence-electron chi connectivity index (χ1n) is 10.3. The van der Waals surface area contributed by atoms with Gasteiger partial charge in [-0.2, -0.15) is 0 Å². The molecule has 1 aromatic heterocycles. The van der Waals surface area contributed by atoms with Crippen LogP contribution in [0.3, 0.4) is 0 Å². The van der Waals surface area contributed by atoms with Gasteiger partial charge in [-0.25, -0.2) is 0 Å². The lowest BCUT2D eigenvalue weighted by molar-refractivity contribution is -0.00739. The lowest BCUT2D eigenvalue weighted by Crippen LogP contribution is -2.40. The molecule has 0 unspecified atom stereocenters. The number of aromatic nitrogens is 2. The Morgan fingerprint density at radius 2 is 1.96 bits per heavy atom. The highest BCUT2D eigenvalue weighted by atomic mass is 16.5. The van der Waals surface area contributed by atoms with Gasteiger partial charge in [-0.15, -0.1) is 10.2 Å². The minimum Gasteiger partial charge on any atom is -0.421 e. The molecule has 0 bridgehead atoms. The van der Waals surface area contributed by atoms with Crippen molar-refractivity contribution in [2.75, 3.05) is 26.3 Å². The van der Waals surface area contributed by atoms with E-state index in [-0.39, 0.29) is 12.1 Å². The number of aliphatic hydroxyl groups is 1. The van der Waals surface area contributed by atoms with Crippen molar-refractivity contribution < 1.29 is 19.0 Å². The Balaban J connectivity index is 1.30. The summed E-state index contributed by atoms with van der Waals surface area (Å²) >= 11 is 0. The van der Waals surface area contributed by atoms with Crippen molar-refractivity contribution in [1.29, 1.82) is 0 Å². The number of β-amino-alcohol motifs (C(OH)–C–C–N with tert-alkyl or cyclic N) is 1. The fourth-order valence-corrected chi connectivity index (χ4v) is 3.98. The van der Waals surface area contributed by atoms with E-state index in [1.165, 1.54) is 0 Å². The maximum Gasteiger partial charge on any atom is 0.245 e. The van der Waals surface area contributed by atoms with Gasteiger partial charge >= 0.3 is 0 Å². The molecule has 7 nitrogen and oxygen atoms in total. The van der Waals surface area contributed by atoms with E-state index in [9.17, 15) is 5.11 Å². The minimum absolute atomic E-state index is 0.0557. The second-order valence-corrected chi connectivity index (χ2v) is 7.64. The Morgan fingerprint density at radius 3 is 2.79 bits per heavy atom. The first-order valence-corrected chi connectivity index (χ1v) is 10.3. The second kappa shape index (κ2) is 9.60. The molecular weight excluding hydrogens is 358 g/mol. The highest BCUT2D eigenvalue weighted by molar-refractivity contribution is 5.13. The molecule has 0 radical (unpaired) electrons. The Labute approximate surface area is 165 Å². The number of likely N-dealkylation sites (tertiary alicyclic amines) is 1. The summed E-state index contributed by atoms with van der Waals surface area (Å²) in [6, 6.07) is 10.1. The summed E-state index contributed by atoms with van der Waals surface area (Å²) < 4.78 is 17.3. The first-order chi connectivity index (χ1) is 13.8. The number of aliphatic hydroxyl groups excluding tert-OH is 1. The third-order valence-electron chi connectivity index (χ3n) is 5.43. The van der Waals surface area contributed by atoms with E-state index in [2.05, 4.69) is 15.1 Å². The predicted molar refractivity (Wildman–Crippen MR) is 102 cm³/mol. The molecular formula is C21H29N3O4. The molecule has 28 heavy (non-hydrogen) atoms. The lowest BCUT2D eigenvalue weighted by Gasteiger charge is -2.34. The van der Waals surface area contributed by atoms with Crippen molar-refractivity contribution in [1.82, 2.24) is 15.1 Å². The van der Waals surface area contributed by atoms with Crippen LogP contribution < -0.4 is 0 Å². The number of nitrogens with zero attached hydrogens (tertiary/aromatic N) is 3. The smallest absolute Gasteiger partial charge is 0.245 e. The average Bonchev–Trinajstić information content (AvgIpc) is 3.41. The second-order valence-electron chi connectivity index (χ2n) is 7.64. The molecule has 2 aromatic rings. The van der Waals surface area contributed by atoms with Gasteiger partial charge in [0.2, 0.25) is 11.8 Å². The van der Waals surface area contributed by atoms with E-state index < -0.39 is 6.10 Å². The molecule has 1 aromatic carbocycles. The molecule has 3 atom stereocenters. The first kappa shape index (κ1) is 19.5. The fraction of sp³-hybridized carbons (Fsp3) is 0.619. The third kappa shape index (κ3) is 4.97. The quantitative estimate of drug-likeness (QED) is 0.746. The van der Waals surface area contributed by atoms with Crippen LogP contribution in [0.25, 0.3) is 0 Å². The van der Waals surface area contributed by atoms with Crippen LogP contribution in [0.5, 0.6) is 0 Å². The van der Waals surface area contributed by atoms with Gasteiger partial charge in [0.05, 0.1) is 25.4 Å². The molecule has 2 saturated heterocycles. The molecule has 0 aliphatic carbocycles. The monoisotopic (exact) mass is 387 g/mol. The molecule has 3 heterocycles. The number of hydrogen-bond donors (Lipinski definition) is 1. The Morgan fingerprint density at radius 1 is 1.11 bits per heavy atom. The number of ether oxygens (including phenoxy) is 2. The molecule has 0 amide bonds. The molecule has 0 saturated carbocycles. The van der Waals surface area contributed by atoms with Crippen LogP contribution in [0.2, 0.25) is 0 Å². The maximum absolute atomic E-state index is 10.5. The topological polar surface area (TPSA) is 80.9 Å². The van der Waals surface area contributed by atoms with Crippen LogP contribution in [-0.4, -0.2) is 52.6 Å². The van der Waals surface area contributed by atoms with Crippen molar-refractivity contribution >= 4 is 0 Å². The van der Waals surface area contributed by atoms with Gasteiger partial charge in [0.25, 0.3) is 0 Å². The van der Waals surface area contributed by atoms with E-state index >= 15 is 0 Å². The van der Waals surface area contributed by atoms with Crippen molar-refractivity contribution in [3.8, 4) is 0 Å². The number of rotatable bonds is 8. The molecule has 0 spiro atoms. The average molecular weight is 387 g/mol. The molecule has 2 fully saturated rings. The van der Waals surface area contributed by atoms with E-state index in [1.807, 2.05) is 30.3 Å². The molecule has 2 aliphatic rings. The van der Waals surface area contributed by atoms with Gasteiger partial charge < -0.3 is 19.0 Å². The van der Waals surface area contributed by atoms with Crippen molar-refractivity contribution in [2.45, 2.75) is 57.0 Å². The van der Waals surface area contributed by atoms with Gasteiger partial charge in [-0.05, 0) is 37.8 Å². The number of benzene rings is 1. The highest BCUT2D eigenvalue weighted by Crippen LogP contribution is 2.33. The van der Waals surface area contributed by atoms with Crippen LogP contribution in [0.15, 0.2) is 34.7 Å². The maximum atomic E-state index is 10.5. The van der Waals surface area contributed by atoms with Crippen LogP contribution in [-0.2, 0) is 16.1 Å². The number of hydrogen-bond acceptors (Lipinski definition) is 7. The van der Waals surface area contributed by atoms with Crippen LogP contribution in [0.4, 0.5) is 0 Å². The summed E-state index contributed by atoms with van der Waals surface area (Å²) in [5.41, 5.74) is 1.11. The summed E-state index contributed by atoms with van der Waals surface area (Å²) in [5.74, 6) is 1.23. The largest absolute Gasteiger partial charge is 0.421 e. The molecule has 2 aliphatic heterocycles. The van der Waals surface area contributed by atoms with Gasteiger partial charge in [-0.1, -0.05) is 36.8 Å². The molecule has 7 heteroatoms. The van der Waals surface area contributed by atoms with Gasteiger partial charge in [0, 0.05) is 13.2 Å². The zero-order valence-corrected chi connectivity index (χ0v) is 16.2. The zero-order chi connectivity index (χ0) is 19.2. The summed E-state index contributed by atoms with van der Waals surface area (Å²) in [7, 11) is 0. The van der Waals surface area contributed by atoms with Gasteiger partial charge in [0.1, 0.15) is 6.10 Å². The fourth-order valence-electron chi connectivity index (χ4n) is 3.98. The van der Waals surface area contributed by atoms with Gasteiger partial charge in [0.15, 0.2) is 0 Å². The molecule has 4 rings (SSSR count). The van der Waals surface area contributed by atoms with E-state index in [1.54, 1.807) is 0 Å². The minimum atomic E-state index is -0.551. The highest BCUT2D eigenvalue weighted by Gasteiger charge is 2.31. The van der Waals surface area contributed by atoms with Crippen molar-refractivity contribution in [2.24, 2.45) is 0 Å². The Bertz CT molecular complexity index is 717. The zero-order valence-electron chi connectivity index (χ0n) is 16.2. The van der Waals surface area contributed by atoms with E-state index in [0.29, 0.717) is 31.5 Å². The summed E-state index contributed by atoms with van der Waals surface area (Å²) in [4.78, 5) is 2.24. The van der Waals surface area contributed by atoms with Crippen LogP contribution in [0.1, 0.15) is 61.6 Å². The third-order valence-corrected chi connectivity index (χ3v) is 5.43. The van der Waals surface area contributed by atoms with Gasteiger partial charge in [-0.3, -0.25) is 4.90 Å². The number of piperidine rings is 1. The van der Waals surface area contributed by atoms with Crippen LogP contribution >= 0.6 is 0 Å². The standard InChI is InChI=1S/C21H29N3O4/c25-17(15-26-14-16-7-2-1-3-8-16)13-24-11-5-4-9-18(24)20-22-23-21(28-20)19-10-6-12-27-19/h1-3,7-8,17-19,25H,4-6,9-15H2/t17-,18-,19-/m1/s1. The summed E-state index contributed by atoms with van der Waals surface area (Å²) in [6.45, 7) is 3.03. The summed E-state index contributed by atoms with van der Waals surface area (Å²) in [6.07, 6.45) is 4.56. The Hall–Kier alpha value is -1.80. The van der Waals surface area contributed by atoms with E-state index in [0.717, 1.165) is 50.8 Å². The predicted octanol–water partition coefficient (Wildman–Crippen LogP) is 3.03. The molecule has 152 valence electrons. The van der Waals surface area contributed by atoms with Crippen LogP contribution in [0, 0.1) is 0 Å². The van der Waals surface area contributed by atoms with Crippen molar-refractivity contribution in [3.05, 3.63) is 47.7 Å². The lowest BCUT2D eigenvalue weighted by atomic mass is 10.0. The Kier molecular flexibility index (Phi) is 6.69. The van der Waals surface area contributed by atoms with E-state index in [4.69, 9.17) is 13.9 Å². The normalized spacial score (nSPS) is 24.5. The van der Waals surface area contributed by atoms with Crippen molar-refractivity contribution in [3.63, 3.8) is 0 Å².